The van der Waals surface area contributed by atoms with Crippen molar-refractivity contribution < 1.29 is 37.0 Å². The molecule has 4 aromatic rings. The fourth-order valence-electron chi connectivity index (χ4n) is 5.35. The van der Waals surface area contributed by atoms with Gasteiger partial charge in [0.1, 0.15) is 11.6 Å². The monoisotopic (exact) mass is 659 g/mol. The Hall–Kier alpha value is -4.65. The molecular weight excluding hydrogens is 618 g/mol. The lowest BCUT2D eigenvalue weighted by Gasteiger charge is -2.38. The number of hydrogen-bond donors (Lipinski definition) is 4. The Bertz CT molecular complexity index is 1740. The summed E-state index contributed by atoms with van der Waals surface area (Å²) in [6.07, 6.45) is -3.80. The van der Waals surface area contributed by atoms with Crippen LogP contribution in [0.3, 0.4) is 0 Å². The molecule has 3 aromatic carbocycles. The lowest BCUT2D eigenvalue weighted by atomic mass is 9.74. The number of carbonyl (C=O) groups excluding carboxylic acids is 2. The van der Waals surface area contributed by atoms with E-state index in [1.54, 1.807) is 48.0 Å². The molecule has 1 aromatic heterocycles. The van der Waals surface area contributed by atoms with Crippen LogP contribution in [0.1, 0.15) is 62.0 Å². The molecule has 0 saturated heterocycles. The number of aromatic nitrogens is 2. The first-order valence-corrected chi connectivity index (χ1v) is 14.8. The van der Waals surface area contributed by atoms with Crippen LogP contribution >= 0.6 is 0 Å². The van der Waals surface area contributed by atoms with E-state index in [0.717, 1.165) is 17.7 Å². The molecule has 6 N–H and O–H groups in total. The summed E-state index contributed by atoms with van der Waals surface area (Å²) in [6.45, 7) is 7.82. The van der Waals surface area contributed by atoms with Gasteiger partial charge < -0.3 is 26.6 Å². The van der Waals surface area contributed by atoms with Gasteiger partial charge in [0.2, 0.25) is 11.8 Å². The number of fused-ring (bicyclic) bond motifs is 1. The van der Waals surface area contributed by atoms with Crippen molar-refractivity contribution in [3.05, 3.63) is 83.3 Å². The van der Waals surface area contributed by atoms with E-state index in [9.17, 15) is 32.3 Å². The topological polar surface area (TPSA) is 145 Å². The predicted octanol–water partition coefficient (Wildman–Crippen LogP) is 6.17. The maximum atomic E-state index is 14.4. The molecule has 1 unspecified atom stereocenters. The van der Waals surface area contributed by atoms with Crippen LogP contribution in [0.15, 0.2) is 60.8 Å². The van der Waals surface area contributed by atoms with Gasteiger partial charge in [-0.05, 0) is 78.8 Å². The first kappa shape index (κ1) is 36.8. The number of anilines is 1. The minimum absolute atomic E-state index is 0.204. The number of methoxy groups -OCH3 is 1. The highest BCUT2D eigenvalue weighted by molar-refractivity contribution is 5.95. The normalized spacial score (nSPS) is 13.1. The molecule has 0 bridgehead atoms. The molecular formula is C34H41F4N5O4. The molecule has 9 nitrogen and oxygen atoms in total. The number of nitrogens with zero attached hydrogens (tertiary/aromatic N) is 2. The third-order valence-electron chi connectivity index (χ3n) is 7.54. The summed E-state index contributed by atoms with van der Waals surface area (Å²) >= 11 is 0. The average Bonchev–Trinajstić information content (AvgIpc) is 3.38. The third kappa shape index (κ3) is 9.00. The molecule has 0 spiro atoms. The number of ether oxygens (including phenoxy) is 1. The number of primary amides is 2. The van der Waals surface area contributed by atoms with Gasteiger partial charge in [-0.2, -0.15) is 18.3 Å². The lowest BCUT2D eigenvalue weighted by Crippen LogP contribution is -2.53. The number of aliphatic hydroxyl groups is 1. The van der Waals surface area contributed by atoms with Crippen LogP contribution in [0.25, 0.3) is 16.6 Å². The third-order valence-corrected chi connectivity index (χ3v) is 7.54. The minimum atomic E-state index is -5.01. The maximum Gasteiger partial charge on any atom is 0.418 e. The molecule has 0 fully saturated rings. The van der Waals surface area contributed by atoms with Crippen molar-refractivity contribution in [1.82, 2.24) is 9.78 Å². The van der Waals surface area contributed by atoms with Gasteiger partial charge in [0, 0.05) is 28.6 Å². The molecule has 0 aliphatic rings. The Morgan fingerprint density at radius 3 is 2.30 bits per heavy atom. The number of nitrogens with one attached hydrogen (secondary N) is 1. The molecule has 2 amide bonds. The van der Waals surface area contributed by atoms with Gasteiger partial charge >= 0.3 is 6.18 Å². The van der Waals surface area contributed by atoms with Crippen molar-refractivity contribution in [3.63, 3.8) is 0 Å². The van der Waals surface area contributed by atoms with Crippen LogP contribution in [0.2, 0.25) is 0 Å². The lowest BCUT2D eigenvalue weighted by molar-refractivity contribution is -0.260. The molecule has 254 valence electrons. The van der Waals surface area contributed by atoms with Crippen LogP contribution in [-0.2, 0) is 10.2 Å². The predicted molar refractivity (Wildman–Crippen MR) is 173 cm³/mol. The zero-order valence-electron chi connectivity index (χ0n) is 27.2. The van der Waals surface area contributed by atoms with Crippen molar-refractivity contribution in [2.75, 3.05) is 19.0 Å². The summed E-state index contributed by atoms with van der Waals surface area (Å²) in [5, 5.41) is 18.7. The van der Waals surface area contributed by atoms with E-state index < -0.39 is 41.9 Å². The number of hydrogen-bond acceptors (Lipinski definition) is 6. The van der Waals surface area contributed by atoms with Crippen molar-refractivity contribution in [3.8, 4) is 11.4 Å². The zero-order chi connectivity index (χ0) is 35.3. The molecule has 0 saturated carbocycles. The average molecular weight is 660 g/mol. The fourth-order valence-corrected chi connectivity index (χ4v) is 5.35. The van der Waals surface area contributed by atoms with E-state index in [1.165, 1.54) is 33.2 Å². The number of aryl methyl sites for hydroxylation is 1. The maximum absolute atomic E-state index is 14.4. The summed E-state index contributed by atoms with van der Waals surface area (Å²) in [5.41, 5.74) is 8.40. The van der Waals surface area contributed by atoms with Crippen LogP contribution in [0, 0.1) is 18.7 Å². The smallest absolute Gasteiger partial charge is 0.418 e. The fraction of sp³-hybridized carbons (Fsp3) is 0.382. The van der Waals surface area contributed by atoms with Gasteiger partial charge in [0.15, 0.2) is 5.60 Å². The molecule has 0 radical (unpaired) electrons. The van der Waals surface area contributed by atoms with Gasteiger partial charge in [-0.15, -0.1) is 0 Å². The SMILES string of the molecule is CC(C)CC(N)=O.COc1ccc(F)cc1C(C)(C)CC(O)(CNc1cc(C)cc2c1cnn2-c1cccc(C(N)=O)c1)C(F)(F)F. The van der Waals surface area contributed by atoms with Crippen LogP contribution in [0.5, 0.6) is 5.75 Å². The minimum Gasteiger partial charge on any atom is -0.496 e. The van der Waals surface area contributed by atoms with E-state index in [-0.39, 0.29) is 22.8 Å². The van der Waals surface area contributed by atoms with Crippen molar-refractivity contribution >= 4 is 28.4 Å². The molecule has 13 heteroatoms. The van der Waals surface area contributed by atoms with Gasteiger partial charge in [-0.25, -0.2) is 9.07 Å². The van der Waals surface area contributed by atoms with Crippen LogP contribution in [-0.4, -0.2) is 52.1 Å². The first-order valence-electron chi connectivity index (χ1n) is 14.8. The number of carbonyl (C=O) groups is 2. The van der Waals surface area contributed by atoms with Gasteiger partial charge in [-0.1, -0.05) is 33.8 Å². The van der Waals surface area contributed by atoms with E-state index in [2.05, 4.69) is 10.4 Å². The second-order valence-corrected chi connectivity index (χ2v) is 12.6. The number of alkyl halides is 3. The van der Waals surface area contributed by atoms with Gasteiger partial charge in [-0.3, -0.25) is 9.59 Å². The molecule has 0 aliphatic carbocycles. The number of benzene rings is 3. The Morgan fingerprint density at radius 1 is 1.06 bits per heavy atom. The number of amides is 2. The van der Waals surface area contributed by atoms with Crippen molar-refractivity contribution in [2.45, 2.75) is 64.7 Å². The zero-order valence-corrected chi connectivity index (χ0v) is 27.2. The van der Waals surface area contributed by atoms with Crippen molar-refractivity contribution in [1.29, 1.82) is 0 Å². The Labute approximate surface area is 270 Å². The summed E-state index contributed by atoms with van der Waals surface area (Å²) in [7, 11) is 1.34. The second-order valence-electron chi connectivity index (χ2n) is 12.6. The Kier molecular flexibility index (Phi) is 11.3. The first-order chi connectivity index (χ1) is 21.8. The number of nitrogens with two attached hydrogens (primary N) is 2. The largest absolute Gasteiger partial charge is 0.496 e. The van der Waals surface area contributed by atoms with Crippen LogP contribution in [0.4, 0.5) is 23.2 Å². The Morgan fingerprint density at radius 2 is 1.74 bits per heavy atom. The summed E-state index contributed by atoms with van der Waals surface area (Å²) in [6, 6.07) is 13.6. The van der Waals surface area contributed by atoms with E-state index in [1.807, 2.05) is 13.8 Å². The van der Waals surface area contributed by atoms with Crippen molar-refractivity contribution in [2.24, 2.45) is 17.4 Å². The number of halogens is 4. The number of rotatable bonds is 11. The highest BCUT2D eigenvalue weighted by Crippen LogP contribution is 2.44. The summed E-state index contributed by atoms with van der Waals surface area (Å²) in [4.78, 5) is 21.7. The van der Waals surface area contributed by atoms with Crippen LogP contribution < -0.4 is 21.5 Å². The molecule has 47 heavy (non-hydrogen) atoms. The van der Waals surface area contributed by atoms with E-state index >= 15 is 0 Å². The molecule has 1 heterocycles. The summed E-state index contributed by atoms with van der Waals surface area (Å²) in [5.74, 6) is -0.829. The van der Waals surface area contributed by atoms with E-state index in [4.69, 9.17) is 16.2 Å². The van der Waals surface area contributed by atoms with Gasteiger partial charge in [0.25, 0.3) is 0 Å². The summed E-state index contributed by atoms with van der Waals surface area (Å²) < 4.78 is 64.0. The van der Waals surface area contributed by atoms with Gasteiger partial charge in [0.05, 0.1) is 31.1 Å². The molecule has 0 aliphatic heterocycles. The highest BCUT2D eigenvalue weighted by Gasteiger charge is 2.56. The Balaban J connectivity index is 0.000000771. The highest BCUT2D eigenvalue weighted by atomic mass is 19.4. The second kappa shape index (κ2) is 14.4. The standard InChI is InChI=1S/C29H30F4N4O3.C5H11NO/c1-17-10-23(21-14-36-37(24(21)11-17)20-7-5-6-18(12-20)26(34)38)35-16-28(39,29(31,32)33)15-27(2,3)22-13-19(30)8-9-25(22)40-4;1-4(2)3-5(6)7/h5-14,35,39H,15-16H2,1-4H3,(H2,34,38);4H,3H2,1-2H3,(H2,6,7). The quantitative estimate of drug-likeness (QED) is 0.142. The molecule has 4 rings (SSSR count). The van der Waals surface area contributed by atoms with E-state index in [0.29, 0.717) is 34.6 Å². The molecule has 1 atom stereocenters.